The molecule has 1 heterocycles. The predicted octanol–water partition coefficient (Wildman–Crippen LogP) is 4.85. The minimum Gasteiger partial charge on any atom is -0.390 e. The van der Waals surface area contributed by atoms with Crippen molar-refractivity contribution in [1.29, 1.82) is 0 Å². The number of benzene rings is 1. The summed E-state index contributed by atoms with van der Waals surface area (Å²) in [6, 6.07) is 5.06. The van der Waals surface area contributed by atoms with E-state index in [1.54, 1.807) is 24.4 Å². The molecule has 0 saturated carbocycles. The van der Waals surface area contributed by atoms with Crippen LogP contribution in [0.3, 0.4) is 0 Å². The summed E-state index contributed by atoms with van der Waals surface area (Å²) in [6.07, 6.45) is 1.57. The Kier molecular flexibility index (Phi) is 4.36. The van der Waals surface area contributed by atoms with E-state index in [2.05, 4.69) is 4.98 Å². The van der Waals surface area contributed by atoms with Crippen molar-refractivity contribution in [3.05, 3.63) is 50.2 Å². The van der Waals surface area contributed by atoms with Gasteiger partial charge < -0.3 is 5.11 Å². The first-order valence-electron chi connectivity index (χ1n) is 4.93. The number of hydrogen-bond donors (Lipinski definition) is 1. The van der Waals surface area contributed by atoms with Gasteiger partial charge in [-0.1, -0.05) is 52.5 Å². The summed E-state index contributed by atoms with van der Waals surface area (Å²) in [7, 11) is 0. The maximum Gasteiger partial charge on any atom is 0.0868 e. The Morgan fingerprint density at radius 1 is 1.00 bits per heavy atom. The minimum atomic E-state index is -0.214. The minimum absolute atomic E-state index is 0.214. The Hall–Kier alpha value is -0.510. The van der Waals surface area contributed by atoms with E-state index in [9.17, 15) is 0 Å². The second-order valence-corrected chi connectivity index (χ2v) is 5.10. The van der Waals surface area contributed by atoms with Crippen molar-refractivity contribution in [2.75, 3.05) is 0 Å². The van der Waals surface area contributed by atoms with E-state index >= 15 is 0 Å². The molecule has 0 radical (unpaired) electrons. The molecule has 1 aromatic heterocycles. The molecule has 6 heteroatoms. The molecular weight excluding hydrogens is 316 g/mol. The predicted molar refractivity (Wildman–Crippen MR) is 75.6 cm³/mol. The molecule has 1 aromatic carbocycles. The Labute approximate surface area is 124 Å². The van der Waals surface area contributed by atoms with Gasteiger partial charge in [0.15, 0.2) is 0 Å². The molecule has 0 amide bonds. The molecule has 18 heavy (non-hydrogen) atoms. The fourth-order valence-corrected chi connectivity index (χ4v) is 2.35. The van der Waals surface area contributed by atoms with Gasteiger partial charge in [0.2, 0.25) is 0 Å². The average Bonchev–Trinajstić information content (AvgIpc) is 2.36. The summed E-state index contributed by atoms with van der Waals surface area (Å²) in [4.78, 5) is 4.05. The smallest absolute Gasteiger partial charge is 0.0868 e. The number of nitrogens with zero attached hydrogens (tertiary/aromatic N) is 1. The highest BCUT2D eigenvalue weighted by molar-refractivity contribution is 6.49. The van der Waals surface area contributed by atoms with Gasteiger partial charge in [-0.3, -0.25) is 4.98 Å². The van der Waals surface area contributed by atoms with Crippen LogP contribution in [0.4, 0.5) is 0 Å². The first-order valence-corrected chi connectivity index (χ1v) is 6.45. The van der Waals surface area contributed by atoms with Crippen molar-refractivity contribution in [3.8, 4) is 11.1 Å². The quantitative estimate of drug-likeness (QED) is 0.801. The van der Waals surface area contributed by atoms with Crippen LogP contribution in [-0.2, 0) is 6.61 Å². The lowest BCUT2D eigenvalue weighted by Crippen LogP contribution is -1.92. The van der Waals surface area contributed by atoms with Crippen LogP contribution in [0.15, 0.2) is 24.4 Å². The highest BCUT2D eigenvalue weighted by atomic mass is 35.5. The number of aliphatic hydroxyl groups excluding tert-OH is 1. The molecule has 2 aromatic rings. The van der Waals surface area contributed by atoms with Crippen molar-refractivity contribution in [2.45, 2.75) is 6.61 Å². The van der Waals surface area contributed by atoms with E-state index in [4.69, 9.17) is 51.5 Å². The molecule has 94 valence electrons. The number of aliphatic hydroxyl groups is 1. The topological polar surface area (TPSA) is 33.1 Å². The largest absolute Gasteiger partial charge is 0.390 e. The van der Waals surface area contributed by atoms with Gasteiger partial charge in [0.05, 0.1) is 32.4 Å². The summed E-state index contributed by atoms with van der Waals surface area (Å²) in [5.41, 5.74) is 1.81. The van der Waals surface area contributed by atoms with Gasteiger partial charge in [0, 0.05) is 17.3 Å². The summed E-state index contributed by atoms with van der Waals surface area (Å²) >= 11 is 23.9. The fourth-order valence-electron chi connectivity index (χ4n) is 1.48. The van der Waals surface area contributed by atoms with Crippen molar-refractivity contribution >= 4 is 46.4 Å². The Morgan fingerprint density at radius 2 is 1.72 bits per heavy atom. The Morgan fingerprint density at radius 3 is 2.33 bits per heavy atom. The first-order chi connectivity index (χ1) is 8.54. The molecule has 0 atom stereocenters. The fraction of sp³-hybridized carbons (Fsp3) is 0.0833. The first kappa shape index (κ1) is 13.9. The van der Waals surface area contributed by atoms with Gasteiger partial charge >= 0.3 is 0 Å². The van der Waals surface area contributed by atoms with Crippen molar-refractivity contribution in [1.82, 2.24) is 4.98 Å². The monoisotopic (exact) mass is 321 g/mol. The molecular formula is C12H7Cl4NO. The van der Waals surface area contributed by atoms with E-state index < -0.39 is 0 Å². The standard InChI is InChI=1S/C12H7Cl4NO/c13-8-2-1-7(11(15)12(8)16)6-3-9(14)10(5-18)17-4-6/h1-4,18H,5H2. The number of hydrogen-bond acceptors (Lipinski definition) is 2. The van der Waals surface area contributed by atoms with E-state index in [-0.39, 0.29) is 11.6 Å². The van der Waals surface area contributed by atoms with E-state index in [1.165, 1.54) is 0 Å². The van der Waals surface area contributed by atoms with Gasteiger partial charge in [0.1, 0.15) is 0 Å². The molecule has 1 N–H and O–H groups in total. The number of aromatic nitrogens is 1. The second kappa shape index (κ2) is 5.64. The number of pyridine rings is 1. The second-order valence-electron chi connectivity index (χ2n) is 3.53. The normalized spacial score (nSPS) is 10.7. The van der Waals surface area contributed by atoms with Gasteiger partial charge in [0.25, 0.3) is 0 Å². The van der Waals surface area contributed by atoms with Crippen LogP contribution in [0.1, 0.15) is 5.69 Å². The van der Waals surface area contributed by atoms with Crippen LogP contribution >= 0.6 is 46.4 Å². The Balaban J connectivity index is 2.56. The molecule has 0 aliphatic rings. The summed E-state index contributed by atoms with van der Waals surface area (Å²) < 4.78 is 0. The molecule has 0 spiro atoms. The lowest BCUT2D eigenvalue weighted by molar-refractivity contribution is 0.277. The molecule has 0 aliphatic carbocycles. The van der Waals surface area contributed by atoms with E-state index in [1.807, 2.05) is 0 Å². The van der Waals surface area contributed by atoms with E-state index in [0.717, 1.165) is 0 Å². The average molecular weight is 323 g/mol. The van der Waals surface area contributed by atoms with Crippen molar-refractivity contribution in [3.63, 3.8) is 0 Å². The van der Waals surface area contributed by atoms with Crippen molar-refractivity contribution in [2.24, 2.45) is 0 Å². The zero-order valence-electron chi connectivity index (χ0n) is 8.92. The summed E-state index contributed by atoms with van der Waals surface area (Å²) in [5, 5.41) is 10.4. The molecule has 2 nitrogen and oxygen atoms in total. The van der Waals surface area contributed by atoms with Crippen molar-refractivity contribution < 1.29 is 5.11 Å². The highest BCUT2D eigenvalue weighted by Gasteiger charge is 2.12. The third-order valence-electron chi connectivity index (χ3n) is 2.41. The van der Waals surface area contributed by atoms with Crippen LogP contribution in [0.5, 0.6) is 0 Å². The van der Waals surface area contributed by atoms with Gasteiger partial charge in [-0.2, -0.15) is 0 Å². The SMILES string of the molecule is OCc1ncc(-c2ccc(Cl)c(Cl)c2Cl)cc1Cl. The van der Waals surface area contributed by atoms with Crippen LogP contribution in [0, 0.1) is 0 Å². The summed E-state index contributed by atoms with van der Waals surface area (Å²) in [6.45, 7) is -0.214. The number of halogens is 4. The lowest BCUT2D eigenvalue weighted by Gasteiger charge is -2.08. The number of rotatable bonds is 2. The highest BCUT2D eigenvalue weighted by Crippen LogP contribution is 2.38. The Bertz CT molecular complexity index is 601. The van der Waals surface area contributed by atoms with Crippen LogP contribution in [-0.4, -0.2) is 10.1 Å². The van der Waals surface area contributed by atoms with E-state index in [0.29, 0.717) is 31.9 Å². The van der Waals surface area contributed by atoms with Gasteiger partial charge in [-0.25, -0.2) is 0 Å². The van der Waals surface area contributed by atoms with Gasteiger partial charge in [-0.05, 0) is 12.1 Å². The zero-order valence-corrected chi connectivity index (χ0v) is 11.9. The third kappa shape index (κ3) is 2.58. The zero-order chi connectivity index (χ0) is 13.3. The molecule has 2 rings (SSSR count). The molecule has 0 unspecified atom stereocenters. The molecule has 0 saturated heterocycles. The maximum atomic E-state index is 9.00. The molecule has 0 bridgehead atoms. The maximum absolute atomic E-state index is 9.00. The van der Waals surface area contributed by atoms with Crippen LogP contribution in [0.25, 0.3) is 11.1 Å². The van der Waals surface area contributed by atoms with Gasteiger partial charge in [-0.15, -0.1) is 0 Å². The molecule has 0 aliphatic heterocycles. The molecule has 0 fully saturated rings. The van der Waals surface area contributed by atoms with Crippen LogP contribution in [0.2, 0.25) is 20.1 Å². The summed E-state index contributed by atoms with van der Waals surface area (Å²) in [5.74, 6) is 0. The lowest BCUT2D eigenvalue weighted by atomic mass is 10.1. The van der Waals surface area contributed by atoms with Crippen LogP contribution < -0.4 is 0 Å². The third-order valence-corrected chi connectivity index (χ3v) is 4.03.